The van der Waals surface area contributed by atoms with Gasteiger partial charge in [0, 0.05) is 43.1 Å². The summed E-state index contributed by atoms with van der Waals surface area (Å²) >= 11 is 0. The molecule has 0 atom stereocenters. The van der Waals surface area contributed by atoms with Crippen molar-refractivity contribution in [1.29, 1.82) is 0 Å². The van der Waals surface area contributed by atoms with E-state index in [2.05, 4.69) is 24.1 Å². The van der Waals surface area contributed by atoms with E-state index in [0.29, 0.717) is 24.3 Å². The van der Waals surface area contributed by atoms with Crippen molar-refractivity contribution in [1.82, 2.24) is 4.31 Å². The van der Waals surface area contributed by atoms with Crippen molar-refractivity contribution in [3.63, 3.8) is 0 Å². The van der Waals surface area contributed by atoms with Crippen LogP contribution in [0.1, 0.15) is 38.1 Å². The Kier molecular flexibility index (Phi) is 7.60. The lowest BCUT2D eigenvalue weighted by Crippen LogP contribution is -2.30. The third-order valence-electron chi connectivity index (χ3n) is 4.71. The molecule has 0 aliphatic rings. The molecule has 2 aromatic rings. The van der Waals surface area contributed by atoms with Crippen LogP contribution in [-0.2, 0) is 10.0 Å². The van der Waals surface area contributed by atoms with E-state index >= 15 is 0 Å². The zero-order valence-electron chi connectivity index (χ0n) is 17.0. The quantitative estimate of drug-likeness (QED) is 0.691. The number of rotatable bonds is 9. The summed E-state index contributed by atoms with van der Waals surface area (Å²) in [7, 11) is -3.50. The van der Waals surface area contributed by atoms with E-state index in [0.717, 1.165) is 18.8 Å². The van der Waals surface area contributed by atoms with Gasteiger partial charge in [-0.1, -0.05) is 13.8 Å². The average Bonchev–Trinajstić information content (AvgIpc) is 2.70. The summed E-state index contributed by atoms with van der Waals surface area (Å²) in [4.78, 5) is 14.9. The van der Waals surface area contributed by atoms with Crippen LogP contribution in [0.4, 0.5) is 11.4 Å². The number of anilines is 2. The molecule has 1 N–H and O–H groups in total. The predicted molar refractivity (Wildman–Crippen MR) is 115 cm³/mol. The number of nitrogens with one attached hydrogen (secondary N) is 1. The zero-order chi connectivity index (χ0) is 20.7. The molecule has 0 heterocycles. The summed E-state index contributed by atoms with van der Waals surface area (Å²) in [6.45, 7) is 10.4. The molecule has 0 saturated heterocycles. The Morgan fingerprint density at radius 3 is 1.82 bits per heavy atom. The van der Waals surface area contributed by atoms with Crippen molar-refractivity contribution >= 4 is 27.3 Å². The Balaban J connectivity index is 2.11. The molecule has 0 aromatic heterocycles. The first-order chi connectivity index (χ1) is 13.4. The van der Waals surface area contributed by atoms with Gasteiger partial charge in [0.15, 0.2) is 0 Å². The van der Waals surface area contributed by atoms with Gasteiger partial charge in [-0.05, 0) is 62.4 Å². The fraction of sp³-hybridized carbons (Fsp3) is 0.381. The number of amides is 1. The minimum atomic E-state index is -3.50. The van der Waals surface area contributed by atoms with E-state index in [1.807, 2.05) is 12.1 Å². The van der Waals surface area contributed by atoms with Crippen LogP contribution in [0.2, 0.25) is 0 Å². The summed E-state index contributed by atoms with van der Waals surface area (Å²) in [5.74, 6) is -0.231. The monoisotopic (exact) mass is 403 g/mol. The molecule has 0 fully saturated rings. The van der Waals surface area contributed by atoms with Crippen LogP contribution in [0.15, 0.2) is 53.4 Å². The fourth-order valence-electron chi connectivity index (χ4n) is 3.04. The third kappa shape index (κ3) is 4.91. The van der Waals surface area contributed by atoms with Gasteiger partial charge in [0.05, 0.1) is 4.90 Å². The van der Waals surface area contributed by atoms with E-state index in [-0.39, 0.29) is 10.8 Å². The van der Waals surface area contributed by atoms with E-state index in [9.17, 15) is 13.2 Å². The molecular weight excluding hydrogens is 374 g/mol. The Morgan fingerprint density at radius 2 is 1.36 bits per heavy atom. The molecule has 152 valence electrons. The van der Waals surface area contributed by atoms with Gasteiger partial charge >= 0.3 is 0 Å². The van der Waals surface area contributed by atoms with Crippen LogP contribution in [0.3, 0.4) is 0 Å². The number of benzene rings is 2. The maximum Gasteiger partial charge on any atom is 0.255 e. The topological polar surface area (TPSA) is 69.7 Å². The normalized spacial score (nSPS) is 11.5. The third-order valence-corrected chi connectivity index (χ3v) is 6.78. The van der Waals surface area contributed by atoms with Crippen LogP contribution >= 0.6 is 0 Å². The highest BCUT2D eigenvalue weighted by Crippen LogP contribution is 2.20. The first-order valence-electron chi connectivity index (χ1n) is 9.63. The maximum atomic E-state index is 12.5. The van der Waals surface area contributed by atoms with E-state index in [1.165, 1.54) is 16.4 Å². The van der Waals surface area contributed by atoms with Gasteiger partial charge in [-0.2, -0.15) is 4.31 Å². The van der Waals surface area contributed by atoms with Gasteiger partial charge < -0.3 is 10.2 Å². The first-order valence-corrected chi connectivity index (χ1v) is 11.1. The molecule has 0 bridgehead atoms. The molecule has 0 aliphatic carbocycles. The number of hydrogen-bond acceptors (Lipinski definition) is 4. The van der Waals surface area contributed by atoms with Crippen LogP contribution < -0.4 is 10.2 Å². The summed E-state index contributed by atoms with van der Waals surface area (Å²) < 4.78 is 26.4. The minimum Gasteiger partial charge on any atom is -0.372 e. The number of carbonyl (C=O) groups is 1. The zero-order valence-corrected chi connectivity index (χ0v) is 17.8. The van der Waals surface area contributed by atoms with Crippen LogP contribution in [-0.4, -0.2) is 44.8 Å². The Hall–Kier alpha value is -2.38. The Labute approximate surface area is 168 Å². The summed E-state index contributed by atoms with van der Waals surface area (Å²) in [6.07, 6.45) is 0. The summed E-state index contributed by atoms with van der Waals surface area (Å²) in [5.41, 5.74) is 2.18. The lowest BCUT2D eigenvalue weighted by Gasteiger charge is -2.21. The lowest BCUT2D eigenvalue weighted by molar-refractivity contribution is 0.102. The standard InChI is InChI=1S/C21H29N3O3S/c1-5-23(6-2)19-13-9-17(10-14-19)21(25)22-18-11-15-20(16-12-18)28(26,27)24(7-3)8-4/h9-16H,5-8H2,1-4H3,(H,22,25). The first kappa shape index (κ1) is 21.9. The highest BCUT2D eigenvalue weighted by atomic mass is 32.2. The largest absolute Gasteiger partial charge is 0.372 e. The van der Waals surface area contributed by atoms with E-state index in [1.54, 1.807) is 38.1 Å². The highest BCUT2D eigenvalue weighted by Gasteiger charge is 2.21. The summed E-state index contributed by atoms with van der Waals surface area (Å²) in [5, 5.41) is 2.81. The molecular formula is C21H29N3O3S. The molecule has 0 spiro atoms. The average molecular weight is 404 g/mol. The van der Waals surface area contributed by atoms with Crippen LogP contribution in [0, 0.1) is 0 Å². The highest BCUT2D eigenvalue weighted by molar-refractivity contribution is 7.89. The molecule has 0 unspecified atom stereocenters. The lowest BCUT2D eigenvalue weighted by atomic mass is 10.1. The Morgan fingerprint density at radius 1 is 0.821 bits per heavy atom. The molecule has 0 saturated carbocycles. The molecule has 2 aromatic carbocycles. The van der Waals surface area contributed by atoms with Crippen molar-refractivity contribution in [2.24, 2.45) is 0 Å². The second-order valence-corrected chi connectivity index (χ2v) is 8.22. The van der Waals surface area contributed by atoms with E-state index < -0.39 is 10.0 Å². The van der Waals surface area contributed by atoms with Gasteiger partial charge in [0.2, 0.25) is 10.0 Å². The van der Waals surface area contributed by atoms with Gasteiger partial charge in [0.1, 0.15) is 0 Å². The van der Waals surface area contributed by atoms with Gasteiger partial charge in [-0.25, -0.2) is 8.42 Å². The molecule has 7 heteroatoms. The predicted octanol–water partition coefficient (Wildman–Crippen LogP) is 3.82. The Bertz CT molecular complexity index is 870. The second kappa shape index (κ2) is 9.71. The fourth-order valence-corrected chi connectivity index (χ4v) is 4.50. The van der Waals surface area contributed by atoms with Gasteiger partial charge in [-0.15, -0.1) is 0 Å². The molecule has 1 amide bonds. The number of nitrogens with zero attached hydrogens (tertiary/aromatic N) is 2. The number of hydrogen-bond donors (Lipinski definition) is 1. The molecule has 0 radical (unpaired) electrons. The SMILES string of the molecule is CCN(CC)c1ccc(C(=O)Nc2ccc(S(=O)(=O)N(CC)CC)cc2)cc1. The van der Waals surface area contributed by atoms with E-state index in [4.69, 9.17) is 0 Å². The molecule has 0 aliphatic heterocycles. The smallest absolute Gasteiger partial charge is 0.255 e. The van der Waals surface area contributed by atoms with Crippen molar-refractivity contribution in [2.45, 2.75) is 32.6 Å². The summed E-state index contributed by atoms with van der Waals surface area (Å²) in [6, 6.07) is 13.7. The van der Waals surface area contributed by atoms with Crippen molar-refractivity contribution < 1.29 is 13.2 Å². The molecule has 28 heavy (non-hydrogen) atoms. The van der Waals surface area contributed by atoms with Crippen molar-refractivity contribution in [3.8, 4) is 0 Å². The van der Waals surface area contributed by atoms with Gasteiger partial charge in [-0.3, -0.25) is 4.79 Å². The molecule has 6 nitrogen and oxygen atoms in total. The number of sulfonamides is 1. The van der Waals surface area contributed by atoms with Gasteiger partial charge in [0.25, 0.3) is 5.91 Å². The second-order valence-electron chi connectivity index (χ2n) is 6.29. The van der Waals surface area contributed by atoms with Crippen molar-refractivity contribution in [3.05, 3.63) is 54.1 Å². The van der Waals surface area contributed by atoms with Crippen molar-refractivity contribution in [2.75, 3.05) is 36.4 Å². The van der Waals surface area contributed by atoms with Crippen LogP contribution in [0.5, 0.6) is 0 Å². The van der Waals surface area contributed by atoms with Crippen LogP contribution in [0.25, 0.3) is 0 Å². The number of carbonyl (C=O) groups excluding carboxylic acids is 1. The minimum absolute atomic E-state index is 0.220. The molecule has 2 rings (SSSR count). The maximum absolute atomic E-state index is 12.5.